The van der Waals surface area contributed by atoms with Crippen molar-refractivity contribution in [1.29, 1.82) is 0 Å². The average Bonchev–Trinajstić information content (AvgIpc) is 2.93. The van der Waals surface area contributed by atoms with Crippen LogP contribution >= 0.6 is 0 Å². The van der Waals surface area contributed by atoms with E-state index in [9.17, 15) is 5.11 Å². The number of hydrogen-bond donors (Lipinski definition) is 1. The average molecular weight is 225 g/mol. The molecule has 0 aliphatic carbocycles. The molecule has 2 fully saturated rings. The Morgan fingerprint density at radius 1 is 1.38 bits per heavy atom. The monoisotopic (exact) mass is 225 g/mol. The molecule has 3 unspecified atom stereocenters. The molecule has 0 amide bonds. The molecule has 1 aromatic rings. The van der Waals surface area contributed by atoms with Crippen LogP contribution in [0.15, 0.2) is 12.4 Å². The Bertz CT molecular complexity index is 346. The third-order valence-corrected chi connectivity index (χ3v) is 3.30. The molecule has 2 aliphatic rings. The number of aromatic nitrogens is 3. The summed E-state index contributed by atoms with van der Waals surface area (Å²) < 4.78 is 13.2. The highest BCUT2D eigenvalue weighted by atomic mass is 16.7. The first-order valence-electron chi connectivity index (χ1n) is 5.59. The maximum Gasteiger partial charge on any atom is 0.170 e. The molecule has 88 valence electrons. The van der Waals surface area contributed by atoms with Gasteiger partial charge >= 0.3 is 0 Å². The quantitative estimate of drug-likeness (QED) is 0.734. The van der Waals surface area contributed by atoms with Gasteiger partial charge in [0.2, 0.25) is 0 Å². The zero-order chi connectivity index (χ0) is 11.0. The maximum atomic E-state index is 9.39. The highest BCUT2D eigenvalue weighted by Crippen LogP contribution is 2.39. The molecule has 1 aromatic heterocycles. The van der Waals surface area contributed by atoms with E-state index < -0.39 is 5.79 Å². The van der Waals surface area contributed by atoms with Gasteiger partial charge in [-0.2, -0.15) is 0 Å². The van der Waals surface area contributed by atoms with Crippen LogP contribution in [0.2, 0.25) is 0 Å². The predicted octanol–water partition coefficient (Wildman–Crippen LogP) is 0.107. The van der Waals surface area contributed by atoms with E-state index >= 15 is 0 Å². The molecule has 1 N–H and O–H groups in total. The second kappa shape index (κ2) is 3.80. The Hall–Kier alpha value is -0.980. The van der Waals surface area contributed by atoms with Gasteiger partial charge in [0, 0.05) is 19.0 Å². The molecule has 0 radical (unpaired) electrons. The molecule has 1 spiro atoms. The Kier molecular flexibility index (Phi) is 2.42. The highest BCUT2D eigenvalue weighted by Gasteiger charge is 2.45. The van der Waals surface area contributed by atoms with Crippen LogP contribution in [-0.2, 0) is 9.47 Å². The normalized spacial score (nSPS) is 39.3. The van der Waals surface area contributed by atoms with Gasteiger partial charge in [-0.1, -0.05) is 5.21 Å². The van der Waals surface area contributed by atoms with Crippen LogP contribution < -0.4 is 0 Å². The van der Waals surface area contributed by atoms with Crippen molar-refractivity contribution >= 4 is 0 Å². The van der Waals surface area contributed by atoms with E-state index in [2.05, 4.69) is 10.3 Å². The summed E-state index contributed by atoms with van der Waals surface area (Å²) in [7, 11) is 0. The molecule has 6 nitrogen and oxygen atoms in total. The van der Waals surface area contributed by atoms with Crippen molar-refractivity contribution in [2.24, 2.45) is 0 Å². The molecular weight excluding hydrogens is 210 g/mol. The molecule has 2 aliphatic heterocycles. The van der Waals surface area contributed by atoms with Crippen LogP contribution in [0.25, 0.3) is 0 Å². The van der Waals surface area contributed by atoms with E-state index in [0.29, 0.717) is 13.2 Å². The molecule has 2 saturated heterocycles. The third-order valence-electron chi connectivity index (χ3n) is 3.30. The molecule has 0 bridgehead atoms. The summed E-state index contributed by atoms with van der Waals surface area (Å²) in [5.41, 5.74) is 0. The van der Waals surface area contributed by atoms with Crippen molar-refractivity contribution in [1.82, 2.24) is 15.0 Å². The lowest BCUT2D eigenvalue weighted by Crippen LogP contribution is -2.40. The maximum absolute atomic E-state index is 9.39. The SMILES string of the molecule is OC1CCC2(CC(n3ccnn3)CO2)OC1. The van der Waals surface area contributed by atoms with Crippen molar-refractivity contribution in [3.05, 3.63) is 12.4 Å². The summed E-state index contributed by atoms with van der Waals surface area (Å²) in [6, 6.07) is 0.192. The zero-order valence-corrected chi connectivity index (χ0v) is 8.95. The standard InChI is InChI=1S/C10H15N3O3/c14-9-1-2-10(16-7-9)5-8(6-15-10)13-4-3-11-12-13/h3-4,8-9,14H,1-2,5-7H2. The second-order valence-corrected chi connectivity index (χ2v) is 4.47. The number of aliphatic hydroxyl groups is 1. The first-order chi connectivity index (χ1) is 7.77. The molecule has 0 aromatic carbocycles. The van der Waals surface area contributed by atoms with Crippen LogP contribution in [0, 0.1) is 0 Å². The van der Waals surface area contributed by atoms with Gasteiger partial charge in [-0.15, -0.1) is 5.10 Å². The fraction of sp³-hybridized carbons (Fsp3) is 0.800. The number of ether oxygens (including phenoxy) is 2. The van der Waals surface area contributed by atoms with Crippen molar-refractivity contribution in [3.8, 4) is 0 Å². The summed E-state index contributed by atoms with van der Waals surface area (Å²) in [6.07, 6.45) is 5.42. The summed E-state index contributed by atoms with van der Waals surface area (Å²) in [6.45, 7) is 0.962. The van der Waals surface area contributed by atoms with E-state index in [1.807, 2.05) is 10.9 Å². The highest BCUT2D eigenvalue weighted by molar-refractivity contribution is 4.88. The summed E-state index contributed by atoms with van der Waals surface area (Å²) in [5, 5.41) is 17.2. The van der Waals surface area contributed by atoms with Crippen molar-refractivity contribution < 1.29 is 14.6 Å². The lowest BCUT2D eigenvalue weighted by molar-refractivity contribution is -0.248. The second-order valence-electron chi connectivity index (χ2n) is 4.47. The molecule has 3 rings (SSSR count). The van der Waals surface area contributed by atoms with Gasteiger partial charge in [0.1, 0.15) is 0 Å². The third kappa shape index (κ3) is 1.73. The Morgan fingerprint density at radius 2 is 2.25 bits per heavy atom. The van der Waals surface area contributed by atoms with Crippen LogP contribution in [0.3, 0.4) is 0 Å². The molecule has 6 heteroatoms. The predicted molar refractivity (Wildman–Crippen MR) is 53.6 cm³/mol. The largest absolute Gasteiger partial charge is 0.391 e. The summed E-state index contributed by atoms with van der Waals surface area (Å²) in [5.74, 6) is -0.504. The Morgan fingerprint density at radius 3 is 2.94 bits per heavy atom. The topological polar surface area (TPSA) is 69.4 Å². The van der Waals surface area contributed by atoms with Crippen molar-refractivity contribution in [2.45, 2.75) is 37.2 Å². The van der Waals surface area contributed by atoms with E-state index in [1.165, 1.54) is 0 Å². The number of nitrogens with zero attached hydrogens (tertiary/aromatic N) is 3. The minimum absolute atomic E-state index is 0.192. The first-order valence-corrected chi connectivity index (χ1v) is 5.59. The minimum atomic E-state index is -0.504. The van der Waals surface area contributed by atoms with Crippen LogP contribution in [0.5, 0.6) is 0 Å². The fourth-order valence-corrected chi connectivity index (χ4v) is 2.37. The molecule has 3 atom stereocenters. The smallest absolute Gasteiger partial charge is 0.170 e. The van der Waals surface area contributed by atoms with Gasteiger partial charge in [0.05, 0.1) is 31.6 Å². The summed E-state index contributed by atoms with van der Waals surface area (Å²) in [4.78, 5) is 0. The number of hydrogen-bond acceptors (Lipinski definition) is 5. The van der Waals surface area contributed by atoms with E-state index in [4.69, 9.17) is 9.47 Å². The Labute approximate surface area is 93.2 Å². The minimum Gasteiger partial charge on any atom is -0.391 e. The van der Waals surface area contributed by atoms with Gasteiger partial charge in [0.25, 0.3) is 0 Å². The number of rotatable bonds is 1. The van der Waals surface area contributed by atoms with Gasteiger partial charge < -0.3 is 14.6 Å². The zero-order valence-electron chi connectivity index (χ0n) is 8.95. The van der Waals surface area contributed by atoms with Crippen LogP contribution in [0.4, 0.5) is 0 Å². The molecule has 0 saturated carbocycles. The van der Waals surface area contributed by atoms with Gasteiger partial charge in [0.15, 0.2) is 5.79 Å². The van der Waals surface area contributed by atoms with E-state index in [-0.39, 0.29) is 12.1 Å². The van der Waals surface area contributed by atoms with E-state index in [0.717, 1.165) is 19.3 Å². The van der Waals surface area contributed by atoms with Crippen LogP contribution in [-0.4, -0.2) is 45.2 Å². The lowest BCUT2D eigenvalue weighted by atomic mass is 9.99. The summed E-state index contributed by atoms with van der Waals surface area (Å²) >= 11 is 0. The number of aliphatic hydroxyl groups excluding tert-OH is 1. The lowest BCUT2D eigenvalue weighted by Gasteiger charge is -2.34. The van der Waals surface area contributed by atoms with Crippen molar-refractivity contribution in [3.63, 3.8) is 0 Å². The molecule has 16 heavy (non-hydrogen) atoms. The first kappa shape index (κ1) is 10.2. The molecule has 3 heterocycles. The fourth-order valence-electron chi connectivity index (χ4n) is 2.37. The van der Waals surface area contributed by atoms with E-state index in [1.54, 1.807) is 6.20 Å². The van der Waals surface area contributed by atoms with Gasteiger partial charge in [-0.3, -0.25) is 0 Å². The van der Waals surface area contributed by atoms with Crippen LogP contribution in [0.1, 0.15) is 25.3 Å². The van der Waals surface area contributed by atoms with Gasteiger partial charge in [-0.05, 0) is 6.42 Å². The van der Waals surface area contributed by atoms with Gasteiger partial charge in [-0.25, -0.2) is 4.68 Å². The Balaban J connectivity index is 1.68. The van der Waals surface area contributed by atoms with Crippen molar-refractivity contribution in [2.75, 3.05) is 13.2 Å². The molecular formula is C10H15N3O3.